The summed E-state index contributed by atoms with van der Waals surface area (Å²) in [6, 6.07) is 24.8. The third kappa shape index (κ3) is 4.62. The maximum Gasteiger partial charge on any atom is 0.344 e. The van der Waals surface area contributed by atoms with Gasteiger partial charge in [-0.3, -0.25) is 15.0 Å². The predicted octanol–water partition coefficient (Wildman–Crippen LogP) is 4.07. The summed E-state index contributed by atoms with van der Waals surface area (Å²) in [7, 11) is 0. The number of ether oxygens (including phenoxy) is 1. The van der Waals surface area contributed by atoms with E-state index in [9.17, 15) is 14.4 Å². The Hall–Kier alpha value is -4.13. The number of carbonyl (C=O) groups excluding carboxylic acids is 3. The Morgan fingerprint density at radius 3 is 2.16 bits per heavy atom. The first-order chi connectivity index (χ1) is 15.4. The Kier molecular flexibility index (Phi) is 5.89. The molecule has 7 heteroatoms. The molecule has 0 spiro atoms. The predicted molar refractivity (Wildman–Crippen MR) is 119 cm³/mol. The second-order valence-corrected chi connectivity index (χ2v) is 7.77. The van der Waals surface area contributed by atoms with Crippen molar-refractivity contribution >= 4 is 17.8 Å². The van der Waals surface area contributed by atoms with Crippen LogP contribution in [0, 0.1) is 0 Å². The standard InChI is InChI=1S/C25H23N3O4/c1-25(17-16-18-8-4-2-5-9-18)23(30)28(24(31)26-25)27-22(29)19-12-14-21(15-13-19)32-20-10-6-3-7-11-20/h2-15H,16-17H2,1H3,(H,26,31)(H,27,29)/t25-/m1/s1. The first kappa shape index (κ1) is 21.1. The van der Waals surface area contributed by atoms with Gasteiger partial charge < -0.3 is 10.1 Å². The number of para-hydroxylation sites is 1. The van der Waals surface area contributed by atoms with Gasteiger partial charge in [0.1, 0.15) is 17.0 Å². The van der Waals surface area contributed by atoms with E-state index in [1.807, 2.05) is 60.7 Å². The van der Waals surface area contributed by atoms with Crippen molar-refractivity contribution in [1.29, 1.82) is 0 Å². The van der Waals surface area contributed by atoms with Crippen molar-refractivity contribution in [3.05, 3.63) is 96.1 Å². The Bertz CT molecular complexity index is 1120. The van der Waals surface area contributed by atoms with Crippen LogP contribution in [-0.4, -0.2) is 28.4 Å². The molecule has 2 N–H and O–H groups in total. The van der Waals surface area contributed by atoms with Crippen molar-refractivity contribution in [2.24, 2.45) is 0 Å². The van der Waals surface area contributed by atoms with Crippen molar-refractivity contribution < 1.29 is 19.1 Å². The van der Waals surface area contributed by atoms with Crippen LogP contribution >= 0.6 is 0 Å². The molecule has 0 saturated carbocycles. The number of hydrogen-bond donors (Lipinski definition) is 2. The summed E-state index contributed by atoms with van der Waals surface area (Å²) in [5.41, 5.74) is 2.68. The molecule has 4 amide bonds. The van der Waals surface area contributed by atoms with Crippen LogP contribution in [0.4, 0.5) is 4.79 Å². The van der Waals surface area contributed by atoms with Gasteiger partial charge in [0.2, 0.25) is 0 Å². The minimum absolute atomic E-state index is 0.295. The highest BCUT2D eigenvalue weighted by Gasteiger charge is 2.48. The molecule has 32 heavy (non-hydrogen) atoms. The van der Waals surface area contributed by atoms with Crippen LogP contribution in [0.15, 0.2) is 84.9 Å². The number of hydrogen-bond acceptors (Lipinski definition) is 4. The molecule has 1 heterocycles. The van der Waals surface area contributed by atoms with Crippen molar-refractivity contribution in [3.8, 4) is 11.5 Å². The molecule has 0 aliphatic carbocycles. The zero-order valence-corrected chi connectivity index (χ0v) is 17.6. The third-order valence-corrected chi connectivity index (χ3v) is 5.33. The highest BCUT2D eigenvalue weighted by Crippen LogP contribution is 2.23. The van der Waals surface area contributed by atoms with Gasteiger partial charge >= 0.3 is 6.03 Å². The zero-order chi connectivity index (χ0) is 22.6. The molecule has 0 unspecified atom stereocenters. The smallest absolute Gasteiger partial charge is 0.344 e. The molecule has 162 valence electrons. The summed E-state index contributed by atoms with van der Waals surface area (Å²) < 4.78 is 5.71. The lowest BCUT2D eigenvalue weighted by Gasteiger charge is -2.21. The van der Waals surface area contributed by atoms with Crippen LogP contribution in [0.1, 0.15) is 29.3 Å². The molecule has 4 rings (SSSR count). The minimum atomic E-state index is -1.09. The van der Waals surface area contributed by atoms with Gasteiger partial charge in [0, 0.05) is 5.56 Å². The molecule has 1 aliphatic rings. The van der Waals surface area contributed by atoms with Crippen molar-refractivity contribution in [1.82, 2.24) is 15.8 Å². The maximum atomic E-state index is 12.9. The van der Waals surface area contributed by atoms with Gasteiger partial charge in [-0.15, -0.1) is 0 Å². The SMILES string of the molecule is C[C@]1(CCc2ccccc2)NC(=O)N(NC(=O)c2ccc(Oc3ccccc3)cc2)C1=O. The highest BCUT2D eigenvalue weighted by molar-refractivity contribution is 6.09. The molecule has 0 bridgehead atoms. The Morgan fingerprint density at radius 2 is 1.50 bits per heavy atom. The quantitative estimate of drug-likeness (QED) is 0.555. The molecule has 7 nitrogen and oxygen atoms in total. The van der Waals surface area contributed by atoms with Crippen LogP contribution in [0.5, 0.6) is 11.5 Å². The second kappa shape index (κ2) is 8.93. The van der Waals surface area contributed by atoms with Crippen LogP contribution in [0.3, 0.4) is 0 Å². The zero-order valence-electron chi connectivity index (χ0n) is 17.6. The monoisotopic (exact) mass is 429 g/mol. The van der Waals surface area contributed by atoms with E-state index in [1.165, 1.54) is 0 Å². The fourth-order valence-electron chi connectivity index (χ4n) is 3.46. The molecule has 0 radical (unpaired) electrons. The van der Waals surface area contributed by atoms with Gasteiger partial charge in [-0.05, 0) is 61.7 Å². The lowest BCUT2D eigenvalue weighted by molar-refractivity contribution is -0.132. The fraction of sp³-hybridized carbons (Fsp3) is 0.160. The molecule has 0 aromatic heterocycles. The largest absolute Gasteiger partial charge is 0.457 e. The molecular weight excluding hydrogens is 406 g/mol. The van der Waals surface area contributed by atoms with Crippen LogP contribution in [0.2, 0.25) is 0 Å². The van der Waals surface area contributed by atoms with E-state index in [1.54, 1.807) is 31.2 Å². The van der Waals surface area contributed by atoms with E-state index < -0.39 is 23.4 Å². The number of benzene rings is 3. The fourth-order valence-corrected chi connectivity index (χ4v) is 3.46. The molecule has 1 atom stereocenters. The topological polar surface area (TPSA) is 87.7 Å². The second-order valence-electron chi connectivity index (χ2n) is 7.77. The average Bonchev–Trinajstić information content (AvgIpc) is 3.03. The highest BCUT2D eigenvalue weighted by atomic mass is 16.5. The minimum Gasteiger partial charge on any atom is -0.457 e. The Balaban J connectivity index is 1.38. The van der Waals surface area contributed by atoms with Gasteiger partial charge in [0.05, 0.1) is 0 Å². The normalized spacial score (nSPS) is 17.7. The average molecular weight is 429 g/mol. The first-order valence-corrected chi connectivity index (χ1v) is 10.3. The molecule has 3 aromatic carbocycles. The van der Waals surface area contributed by atoms with Gasteiger partial charge in [0.15, 0.2) is 0 Å². The van der Waals surface area contributed by atoms with E-state index >= 15 is 0 Å². The maximum absolute atomic E-state index is 12.9. The van der Waals surface area contributed by atoms with E-state index in [4.69, 9.17) is 4.74 Å². The third-order valence-electron chi connectivity index (χ3n) is 5.33. The Morgan fingerprint density at radius 1 is 0.906 bits per heavy atom. The summed E-state index contributed by atoms with van der Waals surface area (Å²) in [5.74, 6) is 0.193. The van der Waals surface area contributed by atoms with Crippen molar-refractivity contribution in [2.75, 3.05) is 0 Å². The lowest BCUT2D eigenvalue weighted by atomic mass is 9.93. The first-order valence-electron chi connectivity index (χ1n) is 10.3. The number of amides is 4. The van der Waals surface area contributed by atoms with Crippen LogP contribution < -0.4 is 15.5 Å². The number of imide groups is 1. The number of urea groups is 1. The van der Waals surface area contributed by atoms with Gasteiger partial charge in [-0.25, -0.2) is 4.79 Å². The summed E-state index contributed by atoms with van der Waals surface area (Å²) >= 11 is 0. The van der Waals surface area contributed by atoms with Crippen LogP contribution in [0.25, 0.3) is 0 Å². The summed E-state index contributed by atoms with van der Waals surface area (Å²) in [6.45, 7) is 1.66. The Labute approximate surface area is 186 Å². The van der Waals surface area contributed by atoms with E-state index in [2.05, 4.69) is 10.7 Å². The molecule has 1 fully saturated rings. The molecule has 3 aromatic rings. The number of aryl methyl sites for hydroxylation is 1. The number of rotatable bonds is 7. The molecule has 1 aliphatic heterocycles. The van der Waals surface area contributed by atoms with E-state index in [0.717, 1.165) is 10.6 Å². The van der Waals surface area contributed by atoms with Crippen molar-refractivity contribution in [3.63, 3.8) is 0 Å². The van der Waals surface area contributed by atoms with Gasteiger partial charge in [0.25, 0.3) is 11.8 Å². The van der Waals surface area contributed by atoms with Gasteiger partial charge in [-0.2, -0.15) is 5.01 Å². The number of hydrazine groups is 1. The summed E-state index contributed by atoms with van der Waals surface area (Å²) in [4.78, 5) is 37.9. The number of nitrogens with one attached hydrogen (secondary N) is 2. The molecule has 1 saturated heterocycles. The lowest BCUT2D eigenvalue weighted by Crippen LogP contribution is -2.48. The number of nitrogens with zero attached hydrogens (tertiary/aromatic N) is 1. The number of carbonyl (C=O) groups is 3. The van der Waals surface area contributed by atoms with Gasteiger partial charge in [-0.1, -0.05) is 48.5 Å². The van der Waals surface area contributed by atoms with E-state index in [0.29, 0.717) is 29.9 Å². The van der Waals surface area contributed by atoms with E-state index in [-0.39, 0.29) is 0 Å². The molecular formula is C25H23N3O4. The summed E-state index contributed by atoms with van der Waals surface area (Å²) in [6.07, 6.45) is 1.04. The van der Waals surface area contributed by atoms with Crippen LogP contribution in [-0.2, 0) is 11.2 Å². The summed E-state index contributed by atoms with van der Waals surface area (Å²) in [5, 5.41) is 3.45. The van der Waals surface area contributed by atoms with Crippen molar-refractivity contribution in [2.45, 2.75) is 25.3 Å².